The minimum atomic E-state index is -0.278. The van der Waals surface area contributed by atoms with Gasteiger partial charge in [-0.1, -0.05) is 17.9 Å². The van der Waals surface area contributed by atoms with Gasteiger partial charge in [0, 0.05) is 5.38 Å². The van der Waals surface area contributed by atoms with Crippen molar-refractivity contribution in [3.63, 3.8) is 0 Å². The highest BCUT2D eigenvalue weighted by Crippen LogP contribution is 1.99. The summed E-state index contributed by atoms with van der Waals surface area (Å²) in [6.45, 7) is 3.42. The second-order valence-corrected chi connectivity index (χ2v) is 2.00. The molecule has 0 saturated heterocycles. The van der Waals surface area contributed by atoms with Gasteiger partial charge >= 0.3 is 4.94 Å². The lowest BCUT2D eigenvalue weighted by Gasteiger charge is -1.70. The van der Waals surface area contributed by atoms with E-state index in [9.17, 15) is 4.79 Å². The van der Waals surface area contributed by atoms with Crippen molar-refractivity contribution in [1.82, 2.24) is 0 Å². The van der Waals surface area contributed by atoms with Crippen LogP contribution in [0.15, 0.2) is 21.2 Å². The van der Waals surface area contributed by atoms with E-state index in [0.717, 1.165) is 11.3 Å². The summed E-state index contributed by atoms with van der Waals surface area (Å²) < 4.78 is 4.58. The van der Waals surface area contributed by atoms with Crippen LogP contribution in [0.2, 0.25) is 0 Å². The van der Waals surface area contributed by atoms with E-state index in [4.69, 9.17) is 0 Å². The largest absolute Gasteiger partial charge is 0.415 e. The van der Waals surface area contributed by atoms with Crippen molar-refractivity contribution < 1.29 is 4.42 Å². The number of hydrogen-bond donors (Lipinski definition) is 0. The molecule has 3 heteroatoms. The molecular weight excluding hydrogens is 124 g/mol. The topological polar surface area (TPSA) is 30.2 Å². The van der Waals surface area contributed by atoms with Crippen LogP contribution in [0.4, 0.5) is 0 Å². The molecule has 0 bridgehead atoms. The third kappa shape index (κ3) is 0.869. The normalized spacial score (nSPS) is 9.00. The van der Waals surface area contributed by atoms with E-state index >= 15 is 0 Å². The summed E-state index contributed by atoms with van der Waals surface area (Å²) in [5.74, 6) is 0.542. The molecule has 0 radical (unpaired) electrons. The van der Waals surface area contributed by atoms with Crippen molar-refractivity contribution >= 4 is 17.4 Å². The van der Waals surface area contributed by atoms with Gasteiger partial charge in [-0.25, -0.2) is 4.79 Å². The molecule has 1 heterocycles. The lowest BCUT2D eigenvalue weighted by atomic mass is 10.5. The molecule has 0 aliphatic carbocycles. The molecule has 0 spiro atoms. The summed E-state index contributed by atoms with van der Waals surface area (Å²) in [5.41, 5.74) is 0. The van der Waals surface area contributed by atoms with Crippen molar-refractivity contribution in [3.8, 4) is 0 Å². The Balaban J connectivity index is 3.18. The van der Waals surface area contributed by atoms with Gasteiger partial charge in [0.15, 0.2) is 0 Å². The molecule has 1 rings (SSSR count). The van der Waals surface area contributed by atoms with E-state index < -0.39 is 0 Å². The van der Waals surface area contributed by atoms with Gasteiger partial charge in [0.25, 0.3) is 0 Å². The first-order valence-corrected chi connectivity index (χ1v) is 2.92. The van der Waals surface area contributed by atoms with Crippen molar-refractivity contribution in [2.45, 2.75) is 0 Å². The van der Waals surface area contributed by atoms with E-state index in [-0.39, 0.29) is 4.94 Å². The first-order valence-electron chi connectivity index (χ1n) is 2.04. The van der Waals surface area contributed by atoms with Crippen molar-refractivity contribution in [2.75, 3.05) is 0 Å². The van der Waals surface area contributed by atoms with Crippen molar-refractivity contribution in [1.29, 1.82) is 0 Å². The fourth-order valence-electron chi connectivity index (χ4n) is 0.340. The van der Waals surface area contributed by atoms with E-state index in [0.29, 0.717) is 5.76 Å². The first kappa shape index (κ1) is 5.31. The zero-order valence-electron chi connectivity index (χ0n) is 4.09. The summed E-state index contributed by atoms with van der Waals surface area (Å²) >= 11 is 1.04. The maximum atomic E-state index is 10.3. The maximum Gasteiger partial charge on any atom is 0.395 e. The van der Waals surface area contributed by atoms with Gasteiger partial charge < -0.3 is 4.42 Å². The van der Waals surface area contributed by atoms with Crippen LogP contribution in [0, 0.1) is 0 Å². The fourth-order valence-corrected chi connectivity index (χ4v) is 0.841. The molecular formula is C5H4O2S. The molecule has 0 aromatic carbocycles. The molecule has 42 valence electrons. The number of hydrogen-bond acceptors (Lipinski definition) is 3. The second-order valence-electron chi connectivity index (χ2n) is 1.19. The summed E-state index contributed by atoms with van der Waals surface area (Å²) in [7, 11) is 0. The minimum absolute atomic E-state index is 0.278. The van der Waals surface area contributed by atoms with Crippen LogP contribution in [0.1, 0.15) is 5.76 Å². The lowest BCUT2D eigenvalue weighted by molar-refractivity contribution is 0.528. The summed E-state index contributed by atoms with van der Waals surface area (Å²) in [6.07, 6.45) is 1.50. The molecule has 0 atom stereocenters. The molecule has 0 amide bonds. The standard InChI is InChI=1S/C5H4O2S/c1-2-4-3-8-5(6)7-4/h2-3H,1H2. The molecule has 8 heavy (non-hydrogen) atoms. The van der Waals surface area contributed by atoms with Crippen LogP contribution in [-0.2, 0) is 0 Å². The minimum Gasteiger partial charge on any atom is -0.415 e. The first-order chi connectivity index (χ1) is 3.83. The Kier molecular flexibility index (Phi) is 1.30. The smallest absolute Gasteiger partial charge is 0.395 e. The Labute approximate surface area is 50.1 Å². The van der Waals surface area contributed by atoms with Gasteiger partial charge in [0.1, 0.15) is 5.76 Å². The molecule has 0 saturated carbocycles. The monoisotopic (exact) mass is 128 g/mol. The van der Waals surface area contributed by atoms with E-state index in [1.54, 1.807) is 5.38 Å². The maximum absolute atomic E-state index is 10.3. The third-order valence-corrected chi connectivity index (χ3v) is 1.30. The zero-order valence-corrected chi connectivity index (χ0v) is 4.90. The lowest BCUT2D eigenvalue weighted by Crippen LogP contribution is -1.80. The van der Waals surface area contributed by atoms with Gasteiger partial charge in [-0.2, -0.15) is 0 Å². The summed E-state index contributed by atoms with van der Waals surface area (Å²) in [6, 6.07) is 0. The highest BCUT2D eigenvalue weighted by Gasteiger charge is 1.89. The van der Waals surface area contributed by atoms with Crippen LogP contribution in [0.3, 0.4) is 0 Å². The number of rotatable bonds is 1. The Morgan fingerprint density at radius 2 is 2.62 bits per heavy atom. The van der Waals surface area contributed by atoms with Crippen molar-refractivity contribution in [3.05, 3.63) is 27.5 Å². The van der Waals surface area contributed by atoms with Crippen LogP contribution >= 0.6 is 11.3 Å². The highest BCUT2D eigenvalue weighted by atomic mass is 32.1. The van der Waals surface area contributed by atoms with Crippen LogP contribution in [-0.4, -0.2) is 0 Å². The van der Waals surface area contributed by atoms with E-state index in [1.165, 1.54) is 6.08 Å². The molecule has 1 aromatic rings. The Morgan fingerprint density at radius 3 is 2.88 bits per heavy atom. The second kappa shape index (κ2) is 1.96. The predicted molar refractivity (Wildman–Crippen MR) is 32.9 cm³/mol. The third-order valence-electron chi connectivity index (χ3n) is 0.674. The molecule has 0 N–H and O–H groups in total. The molecule has 0 unspecified atom stereocenters. The quantitative estimate of drug-likeness (QED) is 0.571. The van der Waals surface area contributed by atoms with Crippen LogP contribution in [0.5, 0.6) is 0 Å². The van der Waals surface area contributed by atoms with Crippen LogP contribution in [0.25, 0.3) is 6.08 Å². The predicted octanol–water partition coefficient (Wildman–Crippen LogP) is 1.34. The molecule has 1 aromatic heterocycles. The zero-order chi connectivity index (χ0) is 5.98. The fraction of sp³-hybridized carbons (Fsp3) is 0. The Hall–Kier alpha value is -0.830. The average Bonchev–Trinajstić information content (AvgIpc) is 2.14. The molecule has 0 aliphatic rings. The van der Waals surface area contributed by atoms with E-state index in [1.807, 2.05) is 0 Å². The molecule has 0 fully saturated rings. The average molecular weight is 128 g/mol. The van der Waals surface area contributed by atoms with E-state index in [2.05, 4.69) is 11.0 Å². The summed E-state index contributed by atoms with van der Waals surface area (Å²) in [5, 5.41) is 1.62. The SMILES string of the molecule is C=Cc1csc(=O)o1. The Morgan fingerprint density at radius 1 is 1.88 bits per heavy atom. The van der Waals surface area contributed by atoms with Gasteiger partial charge in [-0.05, 0) is 6.08 Å². The molecule has 0 aliphatic heterocycles. The molecule has 2 nitrogen and oxygen atoms in total. The van der Waals surface area contributed by atoms with Gasteiger partial charge in [0.2, 0.25) is 0 Å². The Bertz CT molecular complexity index is 233. The summed E-state index contributed by atoms with van der Waals surface area (Å²) in [4.78, 5) is 9.98. The van der Waals surface area contributed by atoms with Gasteiger partial charge in [0.05, 0.1) is 0 Å². The highest BCUT2D eigenvalue weighted by molar-refractivity contribution is 7.07. The van der Waals surface area contributed by atoms with Gasteiger partial charge in [-0.3, -0.25) is 0 Å². The van der Waals surface area contributed by atoms with Crippen LogP contribution < -0.4 is 4.94 Å². The van der Waals surface area contributed by atoms with Crippen molar-refractivity contribution in [2.24, 2.45) is 0 Å². The van der Waals surface area contributed by atoms with Gasteiger partial charge in [-0.15, -0.1) is 0 Å².